The number of thiophene rings is 1. The molecule has 0 N–H and O–H groups in total. The second kappa shape index (κ2) is 5.45. The standard InChI is InChI=1S/C14H17NOS/c1-11-4-9-14(17-11)13-7-5-12(6-8-13)10-16-15(2)3/h4-9H,10H2,1-3H3. The zero-order chi connectivity index (χ0) is 12.3. The van der Waals surface area contributed by atoms with E-state index >= 15 is 0 Å². The lowest BCUT2D eigenvalue weighted by Crippen LogP contribution is -2.11. The van der Waals surface area contributed by atoms with E-state index in [2.05, 4.69) is 43.3 Å². The number of hydrogen-bond donors (Lipinski definition) is 0. The summed E-state index contributed by atoms with van der Waals surface area (Å²) in [5, 5.41) is 1.72. The average molecular weight is 247 g/mol. The third kappa shape index (κ3) is 3.40. The Labute approximate surface area is 106 Å². The maximum Gasteiger partial charge on any atom is 0.0935 e. The van der Waals surface area contributed by atoms with E-state index in [1.807, 2.05) is 25.4 Å². The highest BCUT2D eigenvalue weighted by atomic mass is 32.1. The van der Waals surface area contributed by atoms with Crippen molar-refractivity contribution in [2.75, 3.05) is 14.1 Å². The lowest BCUT2D eigenvalue weighted by atomic mass is 10.1. The Balaban J connectivity index is 2.07. The first-order valence-corrected chi connectivity index (χ1v) is 6.43. The summed E-state index contributed by atoms with van der Waals surface area (Å²) in [5.74, 6) is 0. The van der Waals surface area contributed by atoms with E-state index in [4.69, 9.17) is 4.84 Å². The van der Waals surface area contributed by atoms with Gasteiger partial charge in [0.05, 0.1) is 6.61 Å². The molecule has 2 aromatic rings. The monoisotopic (exact) mass is 247 g/mol. The molecular weight excluding hydrogens is 230 g/mol. The molecule has 0 fully saturated rings. The first-order valence-electron chi connectivity index (χ1n) is 5.61. The van der Waals surface area contributed by atoms with Crippen molar-refractivity contribution in [3.63, 3.8) is 0 Å². The second-order valence-electron chi connectivity index (χ2n) is 4.19. The molecule has 2 rings (SSSR count). The summed E-state index contributed by atoms with van der Waals surface area (Å²) in [6.07, 6.45) is 0. The molecule has 1 aromatic heterocycles. The summed E-state index contributed by atoms with van der Waals surface area (Å²) < 4.78 is 0. The number of aryl methyl sites for hydroxylation is 1. The number of benzene rings is 1. The summed E-state index contributed by atoms with van der Waals surface area (Å²) in [6, 6.07) is 12.9. The van der Waals surface area contributed by atoms with Crippen LogP contribution >= 0.6 is 11.3 Å². The predicted molar refractivity (Wildman–Crippen MR) is 73.0 cm³/mol. The number of rotatable bonds is 4. The Kier molecular flexibility index (Phi) is 3.94. The van der Waals surface area contributed by atoms with Crippen LogP contribution in [0.25, 0.3) is 10.4 Å². The normalized spacial score (nSPS) is 11.1. The van der Waals surface area contributed by atoms with E-state index in [-0.39, 0.29) is 0 Å². The van der Waals surface area contributed by atoms with Crippen LogP contribution in [0.5, 0.6) is 0 Å². The summed E-state index contributed by atoms with van der Waals surface area (Å²) in [6.45, 7) is 2.75. The molecule has 0 aliphatic carbocycles. The van der Waals surface area contributed by atoms with Gasteiger partial charge in [-0.05, 0) is 30.2 Å². The Morgan fingerprint density at radius 2 is 1.76 bits per heavy atom. The van der Waals surface area contributed by atoms with Gasteiger partial charge in [-0.1, -0.05) is 24.3 Å². The van der Waals surface area contributed by atoms with Crippen LogP contribution in [-0.2, 0) is 11.4 Å². The van der Waals surface area contributed by atoms with Crippen molar-refractivity contribution in [1.29, 1.82) is 0 Å². The molecule has 0 unspecified atom stereocenters. The van der Waals surface area contributed by atoms with Crippen LogP contribution in [0.4, 0.5) is 0 Å². The number of hydrogen-bond acceptors (Lipinski definition) is 3. The van der Waals surface area contributed by atoms with Crippen molar-refractivity contribution in [2.24, 2.45) is 0 Å². The molecule has 0 amide bonds. The van der Waals surface area contributed by atoms with E-state index in [1.54, 1.807) is 5.06 Å². The van der Waals surface area contributed by atoms with Gasteiger partial charge in [0.25, 0.3) is 0 Å². The van der Waals surface area contributed by atoms with Gasteiger partial charge >= 0.3 is 0 Å². The van der Waals surface area contributed by atoms with E-state index in [1.165, 1.54) is 20.9 Å². The van der Waals surface area contributed by atoms with Crippen LogP contribution in [0.3, 0.4) is 0 Å². The van der Waals surface area contributed by atoms with Gasteiger partial charge < -0.3 is 0 Å². The lowest BCUT2D eigenvalue weighted by molar-refractivity contribution is -0.130. The van der Waals surface area contributed by atoms with Crippen molar-refractivity contribution >= 4 is 11.3 Å². The molecule has 1 aromatic carbocycles. The van der Waals surface area contributed by atoms with Gasteiger partial charge in [-0.25, -0.2) is 0 Å². The minimum absolute atomic E-state index is 0.622. The van der Waals surface area contributed by atoms with Crippen molar-refractivity contribution in [3.05, 3.63) is 46.8 Å². The molecule has 0 radical (unpaired) electrons. The van der Waals surface area contributed by atoms with Crippen molar-refractivity contribution in [1.82, 2.24) is 5.06 Å². The fourth-order valence-corrected chi connectivity index (χ4v) is 2.43. The van der Waals surface area contributed by atoms with Gasteiger partial charge in [-0.3, -0.25) is 4.84 Å². The minimum Gasteiger partial charge on any atom is -0.295 e. The zero-order valence-electron chi connectivity index (χ0n) is 10.4. The molecular formula is C14H17NOS. The first-order chi connectivity index (χ1) is 8.15. The molecule has 0 saturated heterocycles. The maximum atomic E-state index is 5.41. The van der Waals surface area contributed by atoms with Gasteiger partial charge in [0.1, 0.15) is 0 Å². The van der Waals surface area contributed by atoms with Crippen LogP contribution in [-0.4, -0.2) is 19.2 Å². The van der Waals surface area contributed by atoms with Gasteiger partial charge in [0.15, 0.2) is 0 Å². The maximum absolute atomic E-state index is 5.41. The Bertz CT molecular complexity index is 473. The van der Waals surface area contributed by atoms with E-state index < -0.39 is 0 Å². The quantitative estimate of drug-likeness (QED) is 0.764. The van der Waals surface area contributed by atoms with Crippen molar-refractivity contribution in [2.45, 2.75) is 13.5 Å². The molecule has 0 aliphatic rings. The van der Waals surface area contributed by atoms with Gasteiger partial charge in [0.2, 0.25) is 0 Å². The molecule has 0 aliphatic heterocycles. The molecule has 1 heterocycles. The lowest BCUT2D eigenvalue weighted by Gasteiger charge is -2.10. The highest BCUT2D eigenvalue weighted by Gasteiger charge is 2.01. The molecule has 90 valence electrons. The minimum atomic E-state index is 0.622. The van der Waals surface area contributed by atoms with Gasteiger partial charge in [-0.2, -0.15) is 5.06 Å². The summed E-state index contributed by atoms with van der Waals surface area (Å²) in [4.78, 5) is 8.08. The Morgan fingerprint density at radius 3 is 2.29 bits per heavy atom. The highest BCUT2D eigenvalue weighted by molar-refractivity contribution is 7.15. The van der Waals surface area contributed by atoms with Crippen LogP contribution < -0.4 is 0 Å². The molecule has 0 atom stereocenters. The van der Waals surface area contributed by atoms with E-state index in [9.17, 15) is 0 Å². The van der Waals surface area contributed by atoms with Gasteiger partial charge in [0, 0.05) is 23.8 Å². The van der Waals surface area contributed by atoms with Crippen molar-refractivity contribution < 1.29 is 4.84 Å². The topological polar surface area (TPSA) is 12.5 Å². The molecule has 3 heteroatoms. The van der Waals surface area contributed by atoms with Gasteiger partial charge in [-0.15, -0.1) is 11.3 Å². The van der Waals surface area contributed by atoms with Crippen LogP contribution in [0.1, 0.15) is 10.4 Å². The van der Waals surface area contributed by atoms with E-state index in [0.717, 1.165) is 0 Å². The number of hydroxylamine groups is 2. The molecule has 17 heavy (non-hydrogen) atoms. The largest absolute Gasteiger partial charge is 0.295 e. The number of nitrogens with zero attached hydrogens (tertiary/aromatic N) is 1. The molecule has 0 spiro atoms. The predicted octanol–water partition coefficient (Wildman–Crippen LogP) is 3.72. The van der Waals surface area contributed by atoms with Crippen LogP contribution in [0.2, 0.25) is 0 Å². The highest BCUT2D eigenvalue weighted by Crippen LogP contribution is 2.27. The first kappa shape index (κ1) is 12.3. The van der Waals surface area contributed by atoms with Crippen molar-refractivity contribution in [3.8, 4) is 10.4 Å². The third-order valence-corrected chi connectivity index (χ3v) is 3.52. The molecule has 2 nitrogen and oxygen atoms in total. The SMILES string of the molecule is Cc1ccc(-c2ccc(CON(C)C)cc2)s1. The summed E-state index contributed by atoms with van der Waals surface area (Å²) >= 11 is 1.83. The zero-order valence-corrected chi connectivity index (χ0v) is 11.3. The Hall–Kier alpha value is -1.16. The fourth-order valence-electron chi connectivity index (χ4n) is 1.56. The second-order valence-corrected chi connectivity index (χ2v) is 5.48. The van der Waals surface area contributed by atoms with Crippen LogP contribution in [0.15, 0.2) is 36.4 Å². The van der Waals surface area contributed by atoms with Crippen LogP contribution in [0, 0.1) is 6.92 Å². The summed E-state index contributed by atoms with van der Waals surface area (Å²) in [7, 11) is 3.78. The summed E-state index contributed by atoms with van der Waals surface area (Å²) in [5.41, 5.74) is 2.47. The fraction of sp³-hybridized carbons (Fsp3) is 0.286. The average Bonchev–Trinajstić information content (AvgIpc) is 2.74. The molecule has 0 saturated carbocycles. The van der Waals surface area contributed by atoms with E-state index in [0.29, 0.717) is 6.61 Å². The molecule has 0 bridgehead atoms. The third-order valence-electron chi connectivity index (χ3n) is 2.47. The smallest absolute Gasteiger partial charge is 0.0935 e. The Morgan fingerprint density at radius 1 is 1.06 bits per heavy atom.